The van der Waals surface area contributed by atoms with Gasteiger partial charge in [-0.3, -0.25) is 4.79 Å². The summed E-state index contributed by atoms with van der Waals surface area (Å²) in [5, 5.41) is 6.57. The van der Waals surface area contributed by atoms with Gasteiger partial charge in [0.25, 0.3) is 5.91 Å². The van der Waals surface area contributed by atoms with E-state index in [4.69, 9.17) is 20.9 Å². The summed E-state index contributed by atoms with van der Waals surface area (Å²) in [6.45, 7) is 2.95. The third-order valence-corrected chi connectivity index (χ3v) is 3.59. The molecule has 0 saturated carbocycles. The van der Waals surface area contributed by atoms with Gasteiger partial charge in [-0.05, 0) is 19.8 Å². The molecule has 17 heavy (non-hydrogen) atoms. The van der Waals surface area contributed by atoms with E-state index in [-0.39, 0.29) is 11.4 Å². The van der Waals surface area contributed by atoms with Gasteiger partial charge in [0.1, 0.15) is 11.3 Å². The zero-order chi connectivity index (χ0) is 12.3. The van der Waals surface area contributed by atoms with Crippen LogP contribution in [0.2, 0.25) is 0 Å². The number of aryl methyl sites for hydroxylation is 1. The molecule has 1 aliphatic heterocycles. The molecule has 6 heteroatoms. The van der Waals surface area contributed by atoms with Crippen LogP contribution in [-0.2, 0) is 4.74 Å². The minimum Gasteiger partial charge on any atom is -0.381 e. The molecule has 0 aliphatic carbocycles. The number of rotatable bonds is 3. The average Bonchev–Trinajstić information content (AvgIpc) is 2.77. The van der Waals surface area contributed by atoms with Crippen molar-refractivity contribution < 1.29 is 14.1 Å². The second-order valence-corrected chi connectivity index (χ2v) is 4.54. The number of aromatic nitrogens is 1. The third kappa shape index (κ3) is 2.61. The van der Waals surface area contributed by atoms with Crippen molar-refractivity contribution in [2.24, 2.45) is 0 Å². The van der Waals surface area contributed by atoms with Crippen molar-refractivity contribution in [2.75, 3.05) is 19.1 Å². The van der Waals surface area contributed by atoms with Crippen LogP contribution in [0.3, 0.4) is 0 Å². The Bertz CT molecular complexity index is 399. The van der Waals surface area contributed by atoms with Crippen molar-refractivity contribution in [3.63, 3.8) is 0 Å². The van der Waals surface area contributed by atoms with Crippen LogP contribution in [0, 0.1) is 6.92 Å². The van der Waals surface area contributed by atoms with Crippen LogP contribution in [-0.4, -0.2) is 35.7 Å². The van der Waals surface area contributed by atoms with Crippen LogP contribution in [0.25, 0.3) is 0 Å². The average molecular weight is 259 g/mol. The summed E-state index contributed by atoms with van der Waals surface area (Å²) in [6, 6.07) is 0. The highest BCUT2D eigenvalue weighted by atomic mass is 35.5. The van der Waals surface area contributed by atoms with Crippen LogP contribution >= 0.6 is 11.6 Å². The molecule has 0 radical (unpaired) electrons. The lowest BCUT2D eigenvalue weighted by Gasteiger charge is -2.36. The van der Waals surface area contributed by atoms with Gasteiger partial charge >= 0.3 is 0 Å². The van der Waals surface area contributed by atoms with Gasteiger partial charge in [0.15, 0.2) is 0 Å². The first-order valence-electron chi connectivity index (χ1n) is 5.54. The smallest absolute Gasteiger partial charge is 0.256 e. The number of hydrogen-bond acceptors (Lipinski definition) is 4. The van der Waals surface area contributed by atoms with Gasteiger partial charge in [0.2, 0.25) is 0 Å². The van der Waals surface area contributed by atoms with E-state index < -0.39 is 0 Å². The van der Waals surface area contributed by atoms with E-state index in [2.05, 4.69) is 10.5 Å². The zero-order valence-corrected chi connectivity index (χ0v) is 10.4. The lowest BCUT2D eigenvalue weighted by molar-refractivity contribution is 0.0433. The fourth-order valence-corrected chi connectivity index (χ4v) is 2.21. The predicted molar refractivity (Wildman–Crippen MR) is 62.2 cm³/mol. The van der Waals surface area contributed by atoms with Crippen LogP contribution in [0.1, 0.15) is 29.0 Å². The molecule has 0 spiro atoms. The first kappa shape index (κ1) is 12.4. The molecule has 5 nitrogen and oxygen atoms in total. The Morgan fingerprint density at radius 2 is 2.29 bits per heavy atom. The van der Waals surface area contributed by atoms with Gasteiger partial charge < -0.3 is 14.6 Å². The number of nitrogens with one attached hydrogen (secondary N) is 1. The second kappa shape index (κ2) is 5.06. The molecule has 1 amide bonds. The highest BCUT2D eigenvalue weighted by Gasteiger charge is 2.34. The molecule has 0 aromatic carbocycles. The number of hydrogen-bond donors (Lipinski definition) is 1. The number of nitrogens with zero attached hydrogens (tertiary/aromatic N) is 1. The highest BCUT2D eigenvalue weighted by molar-refractivity contribution is 6.19. The molecule has 1 aromatic heterocycles. The fraction of sp³-hybridized carbons (Fsp3) is 0.636. The van der Waals surface area contributed by atoms with Crippen molar-refractivity contribution in [2.45, 2.75) is 25.3 Å². The van der Waals surface area contributed by atoms with Gasteiger partial charge in [-0.2, -0.15) is 0 Å². The monoisotopic (exact) mass is 258 g/mol. The molecular weight excluding hydrogens is 244 g/mol. The first-order valence-corrected chi connectivity index (χ1v) is 6.08. The van der Waals surface area contributed by atoms with E-state index in [1.807, 2.05) is 0 Å². The third-order valence-electron chi connectivity index (χ3n) is 3.08. The van der Waals surface area contributed by atoms with E-state index in [1.54, 1.807) is 6.92 Å². The zero-order valence-electron chi connectivity index (χ0n) is 9.66. The van der Waals surface area contributed by atoms with E-state index in [1.165, 1.54) is 6.20 Å². The molecule has 2 rings (SSSR count). The van der Waals surface area contributed by atoms with Crippen molar-refractivity contribution in [1.29, 1.82) is 0 Å². The maximum absolute atomic E-state index is 12.0. The minimum atomic E-state index is -0.374. The van der Waals surface area contributed by atoms with Crippen LogP contribution in [0.15, 0.2) is 10.7 Å². The number of amides is 1. The van der Waals surface area contributed by atoms with Crippen LogP contribution in [0.5, 0.6) is 0 Å². The minimum absolute atomic E-state index is 0.189. The molecule has 1 aliphatic rings. The van der Waals surface area contributed by atoms with Gasteiger partial charge in [0.05, 0.1) is 11.7 Å². The molecule has 1 saturated heterocycles. The quantitative estimate of drug-likeness (QED) is 0.835. The highest BCUT2D eigenvalue weighted by Crippen LogP contribution is 2.23. The summed E-state index contributed by atoms with van der Waals surface area (Å²) < 4.78 is 10.2. The predicted octanol–water partition coefficient (Wildman–Crippen LogP) is 1.50. The Balaban J connectivity index is 2.08. The standard InChI is InChI=1S/C11H15ClN2O3/c1-8-9(6-13-17-8)10(15)14-11(7-12)2-4-16-5-3-11/h6H,2-5,7H2,1H3,(H,14,15). The Morgan fingerprint density at radius 1 is 1.59 bits per heavy atom. The summed E-state index contributed by atoms with van der Waals surface area (Å²) in [7, 11) is 0. The SMILES string of the molecule is Cc1oncc1C(=O)NC1(CCl)CCOCC1. The van der Waals surface area contributed by atoms with Crippen molar-refractivity contribution in [3.05, 3.63) is 17.5 Å². The Kier molecular flexibility index (Phi) is 3.69. The van der Waals surface area contributed by atoms with Crippen molar-refractivity contribution >= 4 is 17.5 Å². The number of carbonyl (C=O) groups is 1. The lowest BCUT2D eigenvalue weighted by Crippen LogP contribution is -2.53. The van der Waals surface area contributed by atoms with E-state index >= 15 is 0 Å². The second-order valence-electron chi connectivity index (χ2n) is 4.28. The Morgan fingerprint density at radius 3 is 2.82 bits per heavy atom. The fourth-order valence-electron chi connectivity index (χ4n) is 1.88. The molecule has 1 fully saturated rings. The summed E-state index contributed by atoms with van der Waals surface area (Å²) in [5.41, 5.74) is 0.0848. The molecule has 0 unspecified atom stereocenters. The van der Waals surface area contributed by atoms with E-state index in [9.17, 15) is 4.79 Å². The molecule has 94 valence electrons. The van der Waals surface area contributed by atoms with Gasteiger partial charge in [-0.15, -0.1) is 11.6 Å². The number of ether oxygens (including phenoxy) is 1. The summed E-state index contributed by atoms with van der Waals surface area (Å²) in [4.78, 5) is 12.0. The molecule has 0 bridgehead atoms. The van der Waals surface area contributed by atoms with Crippen LogP contribution in [0.4, 0.5) is 0 Å². The summed E-state index contributed by atoms with van der Waals surface area (Å²) in [6.07, 6.45) is 2.88. The van der Waals surface area contributed by atoms with Gasteiger partial charge in [-0.1, -0.05) is 5.16 Å². The summed E-state index contributed by atoms with van der Waals surface area (Å²) >= 11 is 5.97. The lowest BCUT2D eigenvalue weighted by atomic mass is 9.92. The van der Waals surface area contributed by atoms with Gasteiger partial charge in [-0.25, -0.2) is 0 Å². The van der Waals surface area contributed by atoms with Crippen molar-refractivity contribution in [3.8, 4) is 0 Å². The molecular formula is C11H15ClN2O3. The first-order chi connectivity index (χ1) is 8.17. The number of halogens is 1. The van der Waals surface area contributed by atoms with E-state index in [0.717, 1.165) is 12.8 Å². The Hall–Kier alpha value is -1.07. The topological polar surface area (TPSA) is 64.4 Å². The largest absolute Gasteiger partial charge is 0.381 e. The van der Waals surface area contributed by atoms with Gasteiger partial charge in [0, 0.05) is 19.1 Å². The number of alkyl halides is 1. The van der Waals surface area contributed by atoms with Crippen molar-refractivity contribution in [1.82, 2.24) is 10.5 Å². The maximum Gasteiger partial charge on any atom is 0.256 e. The molecule has 2 heterocycles. The number of carbonyl (C=O) groups excluding carboxylic acids is 1. The van der Waals surface area contributed by atoms with Crippen LogP contribution < -0.4 is 5.32 Å². The molecule has 1 N–H and O–H groups in total. The molecule has 0 atom stereocenters. The molecule has 1 aromatic rings. The maximum atomic E-state index is 12.0. The normalized spacial score (nSPS) is 18.9. The summed E-state index contributed by atoms with van der Waals surface area (Å²) in [5.74, 6) is 0.706. The van der Waals surface area contributed by atoms with E-state index in [0.29, 0.717) is 30.4 Å². The Labute approximate surface area is 104 Å².